The van der Waals surface area contributed by atoms with Gasteiger partial charge in [-0.2, -0.15) is 11.8 Å². The van der Waals surface area contributed by atoms with E-state index < -0.39 is 0 Å². The summed E-state index contributed by atoms with van der Waals surface area (Å²) >= 11 is 1.93. The van der Waals surface area contributed by atoms with Crippen molar-refractivity contribution in [3.8, 4) is 5.75 Å². The molecule has 0 aliphatic heterocycles. The minimum atomic E-state index is -0.102. The van der Waals surface area contributed by atoms with Crippen LogP contribution in [-0.2, 0) is 0 Å². The third kappa shape index (κ3) is 3.39. The Bertz CT molecular complexity index is 479. The number of thioether (sulfide) groups is 1. The lowest BCUT2D eigenvalue weighted by Gasteiger charge is -2.20. The quantitative estimate of drug-likeness (QED) is 0.820. The Morgan fingerprint density at radius 1 is 1.50 bits per heavy atom. The van der Waals surface area contributed by atoms with Crippen molar-refractivity contribution in [2.24, 2.45) is 0 Å². The van der Waals surface area contributed by atoms with Gasteiger partial charge in [-0.15, -0.1) is 0 Å². The molecular weight excluding hydrogens is 272 g/mol. The maximum Gasteiger partial charge on any atom is 0.253 e. The van der Waals surface area contributed by atoms with Crippen LogP contribution in [0.1, 0.15) is 36.5 Å². The summed E-state index contributed by atoms with van der Waals surface area (Å²) in [5.74, 6) is 1.63. The topological polar surface area (TPSA) is 64.3 Å². The lowest BCUT2D eigenvalue weighted by Crippen LogP contribution is -2.39. The van der Waals surface area contributed by atoms with Gasteiger partial charge in [-0.1, -0.05) is 13.3 Å². The predicted octanol–water partition coefficient (Wildman–Crippen LogP) is 2.68. The molecule has 5 heteroatoms. The van der Waals surface area contributed by atoms with E-state index in [1.807, 2.05) is 11.8 Å². The summed E-state index contributed by atoms with van der Waals surface area (Å²) < 4.78 is 5.15. The molecule has 1 aliphatic rings. The Kier molecular flexibility index (Phi) is 5.17. The first kappa shape index (κ1) is 15.0. The minimum Gasteiger partial charge on any atom is -0.497 e. The molecule has 1 saturated carbocycles. The third-order valence-electron chi connectivity index (χ3n) is 3.65. The van der Waals surface area contributed by atoms with Crippen molar-refractivity contribution in [3.63, 3.8) is 0 Å². The number of nitrogen functional groups attached to an aromatic ring is 1. The highest BCUT2D eigenvalue weighted by atomic mass is 32.2. The van der Waals surface area contributed by atoms with Crippen molar-refractivity contribution >= 4 is 23.4 Å². The number of amides is 1. The number of hydrogen-bond acceptors (Lipinski definition) is 4. The molecule has 0 spiro atoms. The van der Waals surface area contributed by atoms with Crippen LogP contribution in [0.4, 0.5) is 5.69 Å². The maximum atomic E-state index is 12.4. The average Bonchev–Trinajstić information content (AvgIpc) is 2.87. The first-order chi connectivity index (χ1) is 9.65. The number of ether oxygens (including phenoxy) is 1. The number of anilines is 1. The first-order valence-electron chi connectivity index (χ1n) is 7.01. The van der Waals surface area contributed by atoms with Crippen LogP contribution in [0.25, 0.3) is 0 Å². The molecule has 3 N–H and O–H groups in total. The lowest BCUT2D eigenvalue weighted by molar-refractivity contribution is 0.0939. The van der Waals surface area contributed by atoms with E-state index in [0.29, 0.717) is 22.3 Å². The second-order valence-corrected chi connectivity index (χ2v) is 6.47. The van der Waals surface area contributed by atoms with E-state index in [1.54, 1.807) is 25.3 Å². The number of carbonyl (C=O) groups is 1. The van der Waals surface area contributed by atoms with Gasteiger partial charge in [-0.25, -0.2) is 0 Å². The summed E-state index contributed by atoms with van der Waals surface area (Å²) in [5.41, 5.74) is 6.87. The van der Waals surface area contributed by atoms with E-state index in [1.165, 1.54) is 12.8 Å². The fraction of sp³-hybridized carbons (Fsp3) is 0.533. The van der Waals surface area contributed by atoms with Crippen molar-refractivity contribution in [1.29, 1.82) is 0 Å². The van der Waals surface area contributed by atoms with E-state index in [0.717, 1.165) is 12.2 Å². The smallest absolute Gasteiger partial charge is 0.253 e. The zero-order valence-corrected chi connectivity index (χ0v) is 12.8. The van der Waals surface area contributed by atoms with E-state index >= 15 is 0 Å². The Morgan fingerprint density at radius 2 is 2.30 bits per heavy atom. The zero-order valence-electron chi connectivity index (χ0n) is 12.0. The van der Waals surface area contributed by atoms with Crippen molar-refractivity contribution in [1.82, 2.24) is 5.32 Å². The Morgan fingerprint density at radius 3 is 3.00 bits per heavy atom. The van der Waals surface area contributed by atoms with E-state index in [9.17, 15) is 4.79 Å². The fourth-order valence-corrected chi connectivity index (χ4v) is 3.81. The van der Waals surface area contributed by atoms with Crippen LogP contribution in [-0.4, -0.2) is 30.1 Å². The summed E-state index contributed by atoms with van der Waals surface area (Å²) in [4.78, 5) is 12.4. The van der Waals surface area contributed by atoms with Crippen molar-refractivity contribution in [3.05, 3.63) is 23.8 Å². The summed E-state index contributed by atoms with van der Waals surface area (Å²) in [6.07, 6.45) is 3.40. The summed E-state index contributed by atoms with van der Waals surface area (Å²) in [6, 6.07) is 5.41. The standard InChI is InChI=1S/C15H22N2O2S/c1-3-20-14-6-4-5-13(14)17-15(18)11-9-10(19-2)7-8-12(11)16/h7-9,13-14H,3-6,16H2,1-2H3,(H,17,18). The van der Waals surface area contributed by atoms with E-state index in [-0.39, 0.29) is 11.9 Å². The van der Waals surface area contributed by atoms with Gasteiger partial charge in [0.15, 0.2) is 0 Å². The molecule has 1 fully saturated rings. The maximum absolute atomic E-state index is 12.4. The molecule has 20 heavy (non-hydrogen) atoms. The SMILES string of the molecule is CCSC1CCCC1NC(=O)c1cc(OC)ccc1N. The highest BCUT2D eigenvalue weighted by molar-refractivity contribution is 7.99. The molecule has 1 aromatic carbocycles. The van der Waals surface area contributed by atoms with Crippen molar-refractivity contribution in [2.45, 2.75) is 37.5 Å². The monoisotopic (exact) mass is 294 g/mol. The molecule has 110 valence electrons. The van der Waals surface area contributed by atoms with Gasteiger partial charge >= 0.3 is 0 Å². The van der Waals surface area contributed by atoms with Crippen molar-refractivity contribution in [2.75, 3.05) is 18.6 Å². The summed E-state index contributed by atoms with van der Waals surface area (Å²) in [6.45, 7) is 2.15. The van der Waals surface area contributed by atoms with Gasteiger partial charge in [-0.3, -0.25) is 4.79 Å². The molecule has 0 saturated heterocycles. The van der Waals surface area contributed by atoms with Crippen LogP contribution in [0.5, 0.6) is 5.75 Å². The normalized spacial score (nSPS) is 21.7. The second-order valence-electron chi connectivity index (χ2n) is 4.96. The largest absolute Gasteiger partial charge is 0.497 e. The van der Waals surface area contributed by atoms with Crippen LogP contribution in [0.15, 0.2) is 18.2 Å². The predicted molar refractivity (Wildman–Crippen MR) is 84.4 cm³/mol. The fourth-order valence-electron chi connectivity index (χ4n) is 2.61. The summed E-state index contributed by atoms with van der Waals surface area (Å²) in [5, 5.41) is 3.65. The first-order valence-corrected chi connectivity index (χ1v) is 8.06. The van der Waals surface area contributed by atoms with Crippen LogP contribution in [0, 0.1) is 0 Å². The highest BCUT2D eigenvalue weighted by Crippen LogP contribution is 2.30. The van der Waals surface area contributed by atoms with Crippen LogP contribution in [0.2, 0.25) is 0 Å². The molecule has 2 rings (SSSR count). The Balaban J connectivity index is 2.08. The number of methoxy groups -OCH3 is 1. The third-order valence-corrected chi connectivity index (χ3v) is 4.98. The van der Waals surface area contributed by atoms with Gasteiger partial charge < -0.3 is 15.8 Å². The number of carbonyl (C=O) groups excluding carboxylic acids is 1. The van der Waals surface area contributed by atoms with Crippen LogP contribution >= 0.6 is 11.8 Å². The number of hydrogen-bond donors (Lipinski definition) is 2. The number of nitrogens with one attached hydrogen (secondary N) is 1. The second kappa shape index (κ2) is 6.88. The molecule has 2 atom stereocenters. The zero-order chi connectivity index (χ0) is 14.5. The number of rotatable bonds is 5. The number of nitrogens with two attached hydrogens (primary N) is 1. The van der Waals surface area contributed by atoms with E-state index in [4.69, 9.17) is 10.5 Å². The van der Waals surface area contributed by atoms with Crippen LogP contribution in [0.3, 0.4) is 0 Å². The van der Waals surface area contributed by atoms with Gasteiger partial charge in [-0.05, 0) is 36.8 Å². The highest BCUT2D eigenvalue weighted by Gasteiger charge is 2.29. The Labute approximate surface area is 124 Å². The molecule has 0 heterocycles. The Hall–Kier alpha value is -1.36. The van der Waals surface area contributed by atoms with Gasteiger partial charge in [0, 0.05) is 17.0 Å². The van der Waals surface area contributed by atoms with Gasteiger partial charge in [0.25, 0.3) is 5.91 Å². The molecule has 0 aromatic heterocycles. The van der Waals surface area contributed by atoms with Gasteiger partial charge in [0.1, 0.15) is 5.75 Å². The van der Waals surface area contributed by atoms with Gasteiger partial charge in [0.2, 0.25) is 0 Å². The average molecular weight is 294 g/mol. The van der Waals surface area contributed by atoms with Crippen molar-refractivity contribution < 1.29 is 9.53 Å². The number of benzene rings is 1. The molecule has 0 bridgehead atoms. The van der Waals surface area contributed by atoms with E-state index in [2.05, 4.69) is 12.2 Å². The lowest BCUT2D eigenvalue weighted by atomic mass is 10.1. The molecule has 1 aromatic rings. The molecule has 0 radical (unpaired) electrons. The van der Waals surface area contributed by atoms with Crippen LogP contribution < -0.4 is 15.8 Å². The molecule has 4 nitrogen and oxygen atoms in total. The molecule has 1 aliphatic carbocycles. The molecular formula is C15H22N2O2S. The summed E-state index contributed by atoms with van der Waals surface area (Å²) in [7, 11) is 1.58. The minimum absolute atomic E-state index is 0.102. The van der Waals surface area contributed by atoms with Gasteiger partial charge in [0.05, 0.1) is 12.7 Å². The molecule has 1 amide bonds. The molecule has 2 unspecified atom stereocenters.